The molecule has 0 aliphatic rings. The molecule has 5 heteroatoms. The first-order chi connectivity index (χ1) is 9.15. The fourth-order valence-corrected chi connectivity index (χ4v) is 1.76. The van der Waals surface area contributed by atoms with Crippen LogP contribution in [0.1, 0.15) is 22.3 Å². The van der Waals surface area contributed by atoms with E-state index in [0.29, 0.717) is 12.1 Å². The Morgan fingerprint density at radius 2 is 2.32 bits per heavy atom. The largest absolute Gasteiger partial charge is 0.352 e. The quantitative estimate of drug-likeness (QED) is 0.838. The number of benzene rings is 1. The Morgan fingerprint density at radius 3 is 3.00 bits per heavy atom. The topological polar surface area (TPSA) is 46.9 Å². The number of hydrogen-bond acceptors (Lipinski definition) is 2. The fraction of sp³-hybridized carbons (Fsp3) is 0.286. The molecule has 0 unspecified atom stereocenters. The molecule has 1 aromatic carbocycles. The average molecular weight is 261 g/mol. The number of amides is 1. The Labute approximate surface area is 111 Å². The van der Waals surface area contributed by atoms with E-state index < -0.39 is 5.82 Å². The van der Waals surface area contributed by atoms with E-state index in [0.717, 1.165) is 18.5 Å². The van der Waals surface area contributed by atoms with Gasteiger partial charge in [-0.3, -0.25) is 9.48 Å². The number of aromatic nitrogens is 2. The molecule has 0 fully saturated rings. The summed E-state index contributed by atoms with van der Waals surface area (Å²) in [5.41, 5.74) is 1.46. The second kappa shape index (κ2) is 6.13. The molecule has 0 bridgehead atoms. The van der Waals surface area contributed by atoms with Gasteiger partial charge in [0.05, 0.1) is 6.20 Å². The third-order valence-electron chi connectivity index (χ3n) is 2.70. The van der Waals surface area contributed by atoms with Crippen LogP contribution in [0.15, 0.2) is 36.7 Å². The van der Waals surface area contributed by atoms with Crippen LogP contribution in [0.25, 0.3) is 0 Å². The molecule has 0 radical (unpaired) electrons. The highest BCUT2D eigenvalue weighted by Crippen LogP contribution is 2.03. The van der Waals surface area contributed by atoms with Gasteiger partial charge in [0, 0.05) is 24.8 Å². The Morgan fingerprint density at radius 1 is 1.47 bits per heavy atom. The molecule has 1 heterocycles. The van der Waals surface area contributed by atoms with Crippen LogP contribution in [0.4, 0.5) is 4.39 Å². The van der Waals surface area contributed by atoms with Crippen molar-refractivity contribution < 1.29 is 9.18 Å². The second-order valence-corrected chi connectivity index (χ2v) is 4.40. The van der Waals surface area contributed by atoms with Crippen LogP contribution in [0.5, 0.6) is 0 Å². The molecule has 1 aromatic heterocycles. The van der Waals surface area contributed by atoms with E-state index in [4.69, 9.17) is 0 Å². The van der Waals surface area contributed by atoms with Crippen molar-refractivity contribution in [1.29, 1.82) is 0 Å². The van der Waals surface area contributed by atoms with Crippen LogP contribution in [-0.4, -0.2) is 22.2 Å². The minimum absolute atomic E-state index is 0.254. The lowest BCUT2D eigenvalue weighted by molar-refractivity contribution is 0.0952. The van der Waals surface area contributed by atoms with Crippen molar-refractivity contribution in [3.63, 3.8) is 0 Å². The number of nitrogens with zero attached hydrogens (tertiary/aromatic N) is 2. The molecular weight excluding hydrogens is 245 g/mol. The van der Waals surface area contributed by atoms with Crippen molar-refractivity contribution in [2.24, 2.45) is 0 Å². The van der Waals surface area contributed by atoms with Gasteiger partial charge >= 0.3 is 0 Å². The number of halogens is 1. The molecule has 2 rings (SSSR count). The van der Waals surface area contributed by atoms with Gasteiger partial charge in [0.25, 0.3) is 5.91 Å². The Kier molecular flexibility index (Phi) is 4.28. The maximum Gasteiger partial charge on any atom is 0.251 e. The smallest absolute Gasteiger partial charge is 0.251 e. The third kappa shape index (κ3) is 3.91. The summed E-state index contributed by atoms with van der Waals surface area (Å²) in [6.07, 6.45) is 4.53. The van der Waals surface area contributed by atoms with E-state index >= 15 is 0 Å². The molecule has 100 valence electrons. The molecule has 2 aromatic rings. The third-order valence-corrected chi connectivity index (χ3v) is 2.70. The highest BCUT2D eigenvalue weighted by atomic mass is 19.1. The van der Waals surface area contributed by atoms with Crippen LogP contribution < -0.4 is 5.32 Å². The first kappa shape index (κ1) is 13.3. The van der Waals surface area contributed by atoms with Crippen molar-refractivity contribution in [1.82, 2.24) is 15.1 Å². The van der Waals surface area contributed by atoms with Crippen LogP contribution in [0.2, 0.25) is 0 Å². The molecule has 0 spiro atoms. The predicted molar refractivity (Wildman–Crippen MR) is 70.3 cm³/mol. The summed E-state index contributed by atoms with van der Waals surface area (Å²) in [4.78, 5) is 11.7. The highest BCUT2D eigenvalue weighted by molar-refractivity contribution is 5.94. The van der Waals surface area contributed by atoms with Gasteiger partial charge in [-0.25, -0.2) is 4.39 Å². The summed E-state index contributed by atoms with van der Waals surface area (Å²) < 4.78 is 14.8. The molecular formula is C14H16FN3O. The zero-order valence-corrected chi connectivity index (χ0v) is 10.8. The lowest BCUT2D eigenvalue weighted by Crippen LogP contribution is -2.25. The van der Waals surface area contributed by atoms with Gasteiger partial charge in [0.2, 0.25) is 0 Å². The van der Waals surface area contributed by atoms with E-state index in [9.17, 15) is 9.18 Å². The number of nitrogens with one attached hydrogen (secondary N) is 1. The van der Waals surface area contributed by atoms with Gasteiger partial charge in [0.1, 0.15) is 5.82 Å². The summed E-state index contributed by atoms with van der Waals surface area (Å²) in [6.45, 7) is 3.26. The Bertz CT molecular complexity index is 565. The molecule has 4 nitrogen and oxygen atoms in total. The summed E-state index contributed by atoms with van der Waals surface area (Å²) >= 11 is 0. The summed E-state index contributed by atoms with van der Waals surface area (Å²) in [7, 11) is 0. The summed E-state index contributed by atoms with van der Waals surface area (Å²) in [6, 6.07) is 5.66. The van der Waals surface area contributed by atoms with E-state index in [1.54, 1.807) is 12.3 Å². The lowest BCUT2D eigenvalue weighted by atomic mass is 10.2. The number of carbonyl (C=O) groups is 1. The van der Waals surface area contributed by atoms with E-state index in [2.05, 4.69) is 10.4 Å². The molecule has 0 aliphatic carbocycles. The van der Waals surface area contributed by atoms with Crippen LogP contribution in [0, 0.1) is 12.7 Å². The van der Waals surface area contributed by atoms with Crippen molar-refractivity contribution in [3.05, 3.63) is 53.6 Å². The van der Waals surface area contributed by atoms with Gasteiger partial charge < -0.3 is 5.32 Å². The maximum absolute atomic E-state index is 12.9. The van der Waals surface area contributed by atoms with Gasteiger partial charge in [-0.2, -0.15) is 5.10 Å². The van der Waals surface area contributed by atoms with Crippen LogP contribution in [-0.2, 0) is 6.54 Å². The van der Waals surface area contributed by atoms with E-state index in [1.165, 1.54) is 18.2 Å². The molecule has 0 saturated carbocycles. The molecule has 1 N–H and O–H groups in total. The van der Waals surface area contributed by atoms with Gasteiger partial charge in [-0.1, -0.05) is 6.07 Å². The van der Waals surface area contributed by atoms with Crippen molar-refractivity contribution in [2.45, 2.75) is 19.9 Å². The summed E-state index contributed by atoms with van der Waals surface area (Å²) in [5.74, 6) is -0.657. The predicted octanol–water partition coefficient (Wildman–Crippen LogP) is 2.15. The molecule has 0 saturated heterocycles. The SMILES string of the molecule is Cc1cnn(CCCNC(=O)c2cccc(F)c2)c1. The Hall–Kier alpha value is -2.17. The van der Waals surface area contributed by atoms with E-state index in [1.807, 2.05) is 17.8 Å². The van der Waals surface area contributed by atoms with Crippen LogP contribution in [0.3, 0.4) is 0 Å². The monoisotopic (exact) mass is 261 g/mol. The molecule has 0 atom stereocenters. The standard InChI is InChI=1S/C14H16FN3O/c1-11-9-17-18(10-11)7-3-6-16-14(19)12-4-2-5-13(15)8-12/h2,4-5,8-10H,3,6-7H2,1H3,(H,16,19). The number of carbonyl (C=O) groups excluding carboxylic acids is 1. The molecule has 0 aliphatic heterocycles. The normalized spacial score (nSPS) is 10.4. The van der Waals surface area contributed by atoms with Gasteiger partial charge in [-0.05, 0) is 37.1 Å². The van der Waals surface area contributed by atoms with Gasteiger partial charge in [0.15, 0.2) is 0 Å². The van der Waals surface area contributed by atoms with Crippen LogP contribution >= 0.6 is 0 Å². The first-order valence-corrected chi connectivity index (χ1v) is 6.18. The second-order valence-electron chi connectivity index (χ2n) is 4.40. The average Bonchev–Trinajstić information content (AvgIpc) is 2.80. The lowest BCUT2D eigenvalue weighted by Gasteiger charge is -2.05. The first-order valence-electron chi connectivity index (χ1n) is 6.18. The number of hydrogen-bond donors (Lipinski definition) is 1. The molecule has 1 amide bonds. The zero-order valence-electron chi connectivity index (χ0n) is 10.8. The van der Waals surface area contributed by atoms with Crippen molar-refractivity contribution >= 4 is 5.91 Å². The Balaban J connectivity index is 1.75. The van der Waals surface area contributed by atoms with Crippen molar-refractivity contribution in [2.75, 3.05) is 6.54 Å². The highest BCUT2D eigenvalue weighted by Gasteiger charge is 2.05. The fourth-order valence-electron chi connectivity index (χ4n) is 1.76. The minimum Gasteiger partial charge on any atom is -0.352 e. The molecule has 19 heavy (non-hydrogen) atoms. The minimum atomic E-state index is -0.403. The summed E-state index contributed by atoms with van der Waals surface area (Å²) in [5, 5.41) is 6.91. The van der Waals surface area contributed by atoms with E-state index in [-0.39, 0.29) is 5.91 Å². The number of rotatable bonds is 5. The maximum atomic E-state index is 12.9. The van der Waals surface area contributed by atoms with Crippen molar-refractivity contribution in [3.8, 4) is 0 Å². The zero-order chi connectivity index (χ0) is 13.7. The number of aryl methyl sites for hydroxylation is 2. The van der Waals surface area contributed by atoms with Gasteiger partial charge in [-0.15, -0.1) is 0 Å².